The first-order chi connectivity index (χ1) is 10.6. The molecule has 0 bridgehead atoms. The van der Waals surface area contributed by atoms with Crippen molar-refractivity contribution in [2.24, 2.45) is 0 Å². The molecule has 1 aliphatic carbocycles. The Bertz CT molecular complexity index is 572. The molecule has 120 valence electrons. The largest absolute Gasteiger partial charge is 0.412 e. The number of nitrogens with zero attached hydrogens (tertiary/aromatic N) is 1. The summed E-state index contributed by atoms with van der Waals surface area (Å²) in [7, 11) is 0. The molecule has 1 amide bonds. The van der Waals surface area contributed by atoms with Crippen LogP contribution in [0.5, 0.6) is 5.75 Å². The molecule has 0 aromatic heterocycles. The van der Waals surface area contributed by atoms with Gasteiger partial charge in [-0.1, -0.05) is 26.8 Å². The van der Waals surface area contributed by atoms with Crippen molar-refractivity contribution in [2.45, 2.75) is 51.5 Å². The van der Waals surface area contributed by atoms with Gasteiger partial charge in [0.2, 0.25) is 0 Å². The quantitative estimate of drug-likeness (QED) is 0.929. The van der Waals surface area contributed by atoms with Gasteiger partial charge in [-0.2, -0.15) is 0 Å². The third-order valence-electron chi connectivity index (χ3n) is 5.34. The maximum Gasteiger partial charge on any atom is 0.412 e. The monoisotopic (exact) mass is 302 g/mol. The Hall–Kier alpha value is -1.55. The van der Waals surface area contributed by atoms with Crippen LogP contribution < -0.4 is 10.1 Å². The highest BCUT2D eigenvalue weighted by Gasteiger charge is 2.49. The van der Waals surface area contributed by atoms with Crippen molar-refractivity contribution >= 4 is 6.09 Å². The van der Waals surface area contributed by atoms with Crippen molar-refractivity contribution in [1.29, 1.82) is 0 Å². The Morgan fingerprint density at radius 3 is 3.00 bits per heavy atom. The van der Waals surface area contributed by atoms with Crippen LogP contribution in [0.4, 0.5) is 4.79 Å². The lowest BCUT2D eigenvalue weighted by Gasteiger charge is -2.29. The topological polar surface area (TPSA) is 41.6 Å². The summed E-state index contributed by atoms with van der Waals surface area (Å²) in [5.74, 6) is 0.657. The smallest absolute Gasteiger partial charge is 0.410 e. The molecule has 0 saturated carbocycles. The van der Waals surface area contributed by atoms with Gasteiger partial charge in [0.15, 0.2) is 0 Å². The molecule has 1 N–H and O–H groups in total. The lowest BCUT2D eigenvalue weighted by atomic mass is 9.80. The van der Waals surface area contributed by atoms with E-state index in [4.69, 9.17) is 4.74 Å². The highest BCUT2D eigenvalue weighted by molar-refractivity contribution is 5.70. The molecule has 1 heterocycles. The summed E-state index contributed by atoms with van der Waals surface area (Å²) in [6.07, 6.45) is 2.85. The van der Waals surface area contributed by atoms with Crippen LogP contribution in [-0.4, -0.2) is 36.7 Å². The molecule has 1 aliphatic heterocycles. The fraction of sp³-hybridized carbons (Fsp3) is 0.611. The van der Waals surface area contributed by atoms with E-state index in [0.29, 0.717) is 18.3 Å². The van der Waals surface area contributed by atoms with E-state index in [1.165, 1.54) is 24.1 Å². The van der Waals surface area contributed by atoms with Crippen LogP contribution in [0, 0.1) is 0 Å². The summed E-state index contributed by atoms with van der Waals surface area (Å²) in [6, 6.07) is 6.73. The number of rotatable bonds is 4. The SMILES string of the molecule is CCCNC(=O)Oc1ccc2c(c1)[C@@]1(C)CCN(CC)[C@H]1C2. The number of likely N-dealkylation sites (tertiary alicyclic amines) is 1. The number of carbonyl (C=O) groups is 1. The van der Waals surface area contributed by atoms with Gasteiger partial charge in [-0.15, -0.1) is 0 Å². The zero-order valence-electron chi connectivity index (χ0n) is 13.8. The zero-order valence-corrected chi connectivity index (χ0v) is 13.8. The molecular formula is C18H26N2O2. The Kier molecular flexibility index (Phi) is 4.13. The molecule has 22 heavy (non-hydrogen) atoms. The minimum Gasteiger partial charge on any atom is -0.410 e. The van der Waals surface area contributed by atoms with Crippen LogP contribution in [0.15, 0.2) is 18.2 Å². The van der Waals surface area contributed by atoms with E-state index in [-0.39, 0.29) is 11.5 Å². The first-order valence-corrected chi connectivity index (χ1v) is 8.41. The van der Waals surface area contributed by atoms with E-state index >= 15 is 0 Å². The Morgan fingerprint density at radius 2 is 2.27 bits per heavy atom. The fourth-order valence-corrected chi connectivity index (χ4v) is 4.06. The number of benzene rings is 1. The van der Waals surface area contributed by atoms with Gasteiger partial charge < -0.3 is 10.1 Å². The van der Waals surface area contributed by atoms with Crippen molar-refractivity contribution in [3.63, 3.8) is 0 Å². The molecule has 0 unspecified atom stereocenters. The second kappa shape index (κ2) is 5.92. The van der Waals surface area contributed by atoms with Gasteiger partial charge >= 0.3 is 6.09 Å². The van der Waals surface area contributed by atoms with Gasteiger partial charge in [0, 0.05) is 18.0 Å². The molecular weight excluding hydrogens is 276 g/mol. The van der Waals surface area contributed by atoms with Gasteiger partial charge in [-0.05, 0) is 55.6 Å². The molecule has 2 atom stereocenters. The average Bonchev–Trinajstić information content (AvgIpc) is 2.97. The van der Waals surface area contributed by atoms with E-state index in [1.54, 1.807) is 0 Å². The Morgan fingerprint density at radius 1 is 1.45 bits per heavy atom. The van der Waals surface area contributed by atoms with Crippen LogP contribution >= 0.6 is 0 Å². The van der Waals surface area contributed by atoms with E-state index in [0.717, 1.165) is 19.4 Å². The Labute approximate surface area is 132 Å². The lowest BCUT2D eigenvalue weighted by molar-refractivity contribution is 0.200. The molecule has 1 aromatic rings. The van der Waals surface area contributed by atoms with Crippen molar-refractivity contribution in [3.8, 4) is 5.75 Å². The number of hydrogen-bond donors (Lipinski definition) is 1. The molecule has 4 nitrogen and oxygen atoms in total. The van der Waals surface area contributed by atoms with E-state index in [2.05, 4.69) is 36.2 Å². The minimum absolute atomic E-state index is 0.199. The Balaban J connectivity index is 1.79. The molecule has 0 spiro atoms. The molecule has 4 heteroatoms. The van der Waals surface area contributed by atoms with Crippen molar-refractivity contribution in [1.82, 2.24) is 10.2 Å². The van der Waals surface area contributed by atoms with Crippen LogP contribution in [-0.2, 0) is 11.8 Å². The normalized spacial score (nSPS) is 26.6. The van der Waals surface area contributed by atoms with E-state index in [9.17, 15) is 4.79 Å². The fourth-order valence-electron chi connectivity index (χ4n) is 4.06. The molecule has 1 aromatic carbocycles. The number of likely N-dealkylation sites (N-methyl/N-ethyl adjacent to an activating group) is 1. The highest BCUT2D eigenvalue weighted by Crippen LogP contribution is 2.48. The van der Waals surface area contributed by atoms with Gasteiger partial charge in [0.25, 0.3) is 0 Å². The minimum atomic E-state index is -0.358. The van der Waals surface area contributed by atoms with E-state index in [1.807, 2.05) is 13.0 Å². The van der Waals surface area contributed by atoms with Gasteiger partial charge in [-0.25, -0.2) is 4.79 Å². The van der Waals surface area contributed by atoms with Gasteiger partial charge in [0.1, 0.15) is 5.75 Å². The van der Waals surface area contributed by atoms with Gasteiger partial charge in [-0.3, -0.25) is 4.90 Å². The van der Waals surface area contributed by atoms with Crippen molar-refractivity contribution in [2.75, 3.05) is 19.6 Å². The average molecular weight is 302 g/mol. The standard InChI is InChI=1S/C18H26N2O2/c1-4-9-19-17(21)22-14-7-6-13-11-16-18(3,15(13)12-14)8-10-20(16)5-2/h6-7,12,16H,4-5,8-11H2,1-3H3,(H,19,21)/t16-,18+/m0/s1. The summed E-state index contributed by atoms with van der Waals surface area (Å²) in [5, 5.41) is 2.75. The second-order valence-electron chi connectivity index (χ2n) is 6.65. The number of carbonyl (C=O) groups excluding carboxylic acids is 1. The maximum absolute atomic E-state index is 11.7. The lowest BCUT2D eigenvalue weighted by Crippen LogP contribution is -2.37. The number of nitrogens with one attached hydrogen (secondary N) is 1. The molecule has 2 aliphatic rings. The van der Waals surface area contributed by atoms with E-state index < -0.39 is 0 Å². The molecule has 0 radical (unpaired) electrons. The third kappa shape index (κ3) is 2.50. The number of fused-ring (bicyclic) bond motifs is 3. The third-order valence-corrected chi connectivity index (χ3v) is 5.34. The number of hydrogen-bond acceptors (Lipinski definition) is 3. The highest BCUT2D eigenvalue weighted by atomic mass is 16.6. The summed E-state index contributed by atoms with van der Waals surface area (Å²) in [4.78, 5) is 14.3. The maximum atomic E-state index is 11.7. The van der Waals surface area contributed by atoms with Crippen LogP contribution in [0.1, 0.15) is 44.7 Å². The van der Waals surface area contributed by atoms with Crippen molar-refractivity contribution < 1.29 is 9.53 Å². The van der Waals surface area contributed by atoms with Crippen LogP contribution in [0.25, 0.3) is 0 Å². The molecule has 3 rings (SSSR count). The van der Waals surface area contributed by atoms with Crippen LogP contribution in [0.2, 0.25) is 0 Å². The number of amides is 1. The molecule has 1 fully saturated rings. The first kappa shape index (κ1) is 15.3. The summed E-state index contributed by atoms with van der Waals surface area (Å²) in [6.45, 7) is 9.54. The number of ether oxygens (including phenoxy) is 1. The molecule has 1 saturated heterocycles. The van der Waals surface area contributed by atoms with Crippen molar-refractivity contribution in [3.05, 3.63) is 29.3 Å². The van der Waals surface area contributed by atoms with Crippen LogP contribution in [0.3, 0.4) is 0 Å². The van der Waals surface area contributed by atoms with Gasteiger partial charge in [0.05, 0.1) is 0 Å². The first-order valence-electron chi connectivity index (χ1n) is 8.41. The summed E-state index contributed by atoms with van der Waals surface area (Å²) in [5.41, 5.74) is 2.98. The summed E-state index contributed by atoms with van der Waals surface area (Å²) < 4.78 is 5.42. The predicted octanol–water partition coefficient (Wildman–Crippen LogP) is 3.09. The summed E-state index contributed by atoms with van der Waals surface area (Å²) >= 11 is 0. The predicted molar refractivity (Wildman–Crippen MR) is 87.5 cm³/mol. The second-order valence-corrected chi connectivity index (χ2v) is 6.65. The zero-order chi connectivity index (χ0) is 15.7.